The highest BCUT2D eigenvalue weighted by atomic mass is 79.9. The van der Waals surface area contributed by atoms with E-state index in [-0.39, 0.29) is 18.0 Å². The summed E-state index contributed by atoms with van der Waals surface area (Å²) in [6.07, 6.45) is 0.168. The van der Waals surface area contributed by atoms with Gasteiger partial charge in [-0.3, -0.25) is 4.79 Å². The van der Waals surface area contributed by atoms with Gasteiger partial charge in [-0.05, 0) is 29.8 Å². The smallest absolute Gasteiger partial charge is 0.168 e. The molecule has 0 atom stereocenters. The zero-order valence-electron chi connectivity index (χ0n) is 9.29. The van der Waals surface area contributed by atoms with E-state index in [4.69, 9.17) is 0 Å². The van der Waals surface area contributed by atoms with Crippen LogP contribution in [-0.2, 0) is 6.42 Å². The number of halogens is 3. The van der Waals surface area contributed by atoms with Crippen LogP contribution in [0.3, 0.4) is 0 Å². The predicted octanol–water partition coefficient (Wildman–Crippen LogP) is 4.78. The summed E-state index contributed by atoms with van der Waals surface area (Å²) < 4.78 is 14.6. The van der Waals surface area contributed by atoms with Crippen LogP contribution in [0.5, 0.6) is 0 Å². The summed E-state index contributed by atoms with van der Waals surface area (Å²) in [7, 11) is 0. The van der Waals surface area contributed by atoms with Gasteiger partial charge in [0.05, 0.1) is 0 Å². The fourth-order valence-corrected chi connectivity index (χ4v) is 2.53. The molecule has 0 saturated carbocycles. The van der Waals surface area contributed by atoms with Gasteiger partial charge in [0, 0.05) is 20.9 Å². The molecule has 0 bridgehead atoms. The molecule has 0 amide bonds. The van der Waals surface area contributed by atoms with Crippen LogP contribution in [0.15, 0.2) is 51.4 Å². The lowest BCUT2D eigenvalue weighted by Gasteiger charge is -2.06. The molecule has 0 radical (unpaired) electrons. The van der Waals surface area contributed by atoms with E-state index in [2.05, 4.69) is 31.9 Å². The first-order valence-electron chi connectivity index (χ1n) is 5.29. The highest BCUT2D eigenvalue weighted by Gasteiger charge is 2.12. The maximum absolute atomic E-state index is 13.1. The first-order chi connectivity index (χ1) is 8.58. The molecule has 0 unspecified atom stereocenters. The average Bonchev–Trinajstić information content (AvgIpc) is 2.34. The zero-order valence-corrected chi connectivity index (χ0v) is 12.5. The van der Waals surface area contributed by atoms with E-state index in [1.165, 1.54) is 12.1 Å². The third-order valence-electron chi connectivity index (χ3n) is 2.53. The van der Waals surface area contributed by atoms with Crippen LogP contribution < -0.4 is 0 Å². The van der Waals surface area contributed by atoms with E-state index in [0.717, 1.165) is 8.95 Å². The van der Waals surface area contributed by atoms with E-state index in [1.54, 1.807) is 18.2 Å². The highest BCUT2D eigenvalue weighted by molar-refractivity contribution is 9.10. The molecule has 0 aliphatic carbocycles. The molecule has 0 heterocycles. The highest BCUT2D eigenvalue weighted by Crippen LogP contribution is 2.22. The van der Waals surface area contributed by atoms with Crippen molar-refractivity contribution in [2.75, 3.05) is 0 Å². The molecule has 0 aromatic heterocycles. The summed E-state index contributed by atoms with van der Waals surface area (Å²) in [5, 5.41) is 0. The number of Topliss-reactive ketones (excluding diaryl/α,β-unsaturated/α-hetero) is 1. The van der Waals surface area contributed by atoms with E-state index in [1.807, 2.05) is 12.1 Å². The Morgan fingerprint density at radius 3 is 2.50 bits per heavy atom. The second kappa shape index (κ2) is 5.76. The van der Waals surface area contributed by atoms with Crippen molar-refractivity contribution in [2.45, 2.75) is 6.42 Å². The Balaban J connectivity index is 2.27. The molecule has 18 heavy (non-hydrogen) atoms. The number of hydrogen-bond acceptors (Lipinski definition) is 1. The number of carbonyl (C=O) groups is 1. The summed E-state index contributed by atoms with van der Waals surface area (Å²) in [4.78, 5) is 12.1. The van der Waals surface area contributed by atoms with Gasteiger partial charge in [0.15, 0.2) is 5.78 Å². The standard InChI is InChI=1S/C14H9Br2FO/c15-12-6-5-10(17)7-9(12)8-14(18)11-3-1-2-4-13(11)16/h1-7H,8H2. The minimum atomic E-state index is -0.340. The van der Waals surface area contributed by atoms with Crippen LogP contribution in [0.2, 0.25) is 0 Å². The molecular weight excluding hydrogens is 363 g/mol. The number of benzene rings is 2. The third-order valence-corrected chi connectivity index (χ3v) is 4.00. The van der Waals surface area contributed by atoms with Gasteiger partial charge in [0.2, 0.25) is 0 Å². The fraction of sp³-hybridized carbons (Fsp3) is 0.0714. The van der Waals surface area contributed by atoms with E-state index < -0.39 is 0 Å². The van der Waals surface area contributed by atoms with Crippen molar-refractivity contribution in [2.24, 2.45) is 0 Å². The normalized spacial score (nSPS) is 10.4. The first kappa shape index (κ1) is 13.4. The maximum atomic E-state index is 13.1. The Labute approximate surface area is 121 Å². The number of hydrogen-bond donors (Lipinski definition) is 0. The van der Waals surface area contributed by atoms with Crippen LogP contribution in [0.1, 0.15) is 15.9 Å². The Bertz CT molecular complexity index is 596. The van der Waals surface area contributed by atoms with Crippen LogP contribution in [-0.4, -0.2) is 5.78 Å². The van der Waals surface area contributed by atoms with E-state index in [9.17, 15) is 9.18 Å². The minimum Gasteiger partial charge on any atom is -0.294 e. The van der Waals surface area contributed by atoms with Gasteiger partial charge in [0.25, 0.3) is 0 Å². The molecule has 0 spiro atoms. The largest absolute Gasteiger partial charge is 0.294 e. The van der Waals surface area contributed by atoms with Crippen molar-refractivity contribution < 1.29 is 9.18 Å². The summed E-state index contributed by atoms with van der Waals surface area (Å²) in [6.45, 7) is 0. The molecule has 0 fully saturated rings. The maximum Gasteiger partial charge on any atom is 0.168 e. The van der Waals surface area contributed by atoms with Gasteiger partial charge >= 0.3 is 0 Å². The number of carbonyl (C=O) groups excluding carboxylic acids is 1. The van der Waals surface area contributed by atoms with Crippen LogP contribution in [0, 0.1) is 5.82 Å². The third kappa shape index (κ3) is 3.06. The van der Waals surface area contributed by atoms with Crippen molar-refractivity contribution in [3.63, 3.8) is 0 Å². The Morgan fingerprint density at radius 2 is 1.78 bits per heavy atom. The molecule has 0 aliphatic heterocycles. The molecule has 92 valence electrons. The summed E-state index contributed by atoms with van der Waals surface area (Å²) >= 11 is 6.66. The van der Waals surface area contributed by atoms with Crippen molar-refractivity contribution >= 4 is 37.6 Å². The summed E-state index contributed by atoms with van der Waals surface area (Å²) in [5.74, 6) is -0.387. The topological polar surface area (TPSA) is 17.1 Å². The fourth-order valence-electron chi connectivity index (χ4n) is 1.63. The minimum absolute atomic E-state index is 0.0474. The predicted molar refractivity (Wildman–Crippen MR) is 76.3 cm³/mol. The Hall–Kier alpha value is -1.00. The van der Waals surface area contributed by atoms with Crippen molar-refractivity contribution in [1.29, 1.82) is 0 Å². The van der Waals surface area contributed by atoms with Crippen LogP contribution >= 0.6 is 31.9 Å². The number of rotatable bonds is 3. The monoisotopic (exact) mass is 370 g/mol. The number of ketones is 1. The molecule has 2 aromatic rings. The van der Waals surface area contributed by atoms with Gasteiger partial charge < -0.3 is 0 Å². The van der Waals surface area contributed by atoms with E-state index in [0.29, 0.717) is 11.1 Å². The second-order valence-corrected chi connectivity index (χ2v) is 5.52. The molecule has 0 aliphatic rings. The summed E-state index contributed by atoms with van der Waals surface area (Å²) in [5.41, 5.74) is 1.25. The lowest BCUT2D eigenvalue weighted by atomic mass is 10.0. The van der Waals surface area contributed by atoms with Crippen molar-refractivity contribution in [3.8, 4) is 0 Å². The first-order valence-corrected chi connectivity index (χ1v) is 6.88. The Kier molecular flexibility index (Phi) is 4.30. The molecular formula is C14H9Br2FO. The quantitative estimate of drug-likeness (QED) is 0.710. The lowest BCUT2D eigenvalue weighted by Crippen LogP contribution is -2.05. The van der Waals surface area contributed by atoms with Gasteiger partial charge in [0.1, 0.15) is 5.82 Å². The second-order valence-electron chi connectivity index (χ2n) is 3.82. The SMILES string of the molecule is O=C(Cc1cc(F)ccc1Br)c1ccccc1Br. The van der Waals surface area contributed by atoms with Crippen LogP contribution in [0.4, 0.5) is 4.39 Å². The molecule has 2 rings (SSSR count). The average molecular weight is 372 g/mol. The lowest BCUT2D eigenvalue weighted by molar-refractivity contribution is 0.0992. The van der Waals surface area contributed by atoms with Gasteiger partial charge in [-0.2, -0.15) is 0 Å². The molecule has 0 saturated heterocycles. The summed E-state index contributed by atoms with van der Waals surface area (Å²) in [6, 6.07) is 11.6. The van der Waals surface area contributed by atoms with Crippen molar-refractivity contribution in [1.82, 2.24) is 0 Å². The Morgan fingerprint density at radius 1 is 1.06 bits per heavy atom. The molecule has 2 aromatic carbocycles. The zero-order chi connectivity index (χ0) is 13.1. The van der Waals surface area contributed by atoms with E-state index >= 15 is 0 Å². The van der Waals surface area contributed by atoms with Gasteiger partial charge in [-0.1, -0.05) is 50.1 Å². The van der Waals surface area contributed by atoms with Gasteiger partial charge in [-0.15, -0.1) is 0 Å². The van der Waals surface area contributed by atoms with Crippen LogP contribution in [0.25, 0.3) is 0 Å². The molecule has 4 heteroatoms. The molecule has 1 nitrogen and oxygen atoms in total. The molecule has 0 N–H and O–H groups in total. The van der Waals surface area contributed by atoms with Crippen molar-refractivity contribution in [3.05, 3.63) is 68.4 Å². The van der Waals surface area contributed by atoms with Gasteiger partial charge in [-0.25, -0.2) is 4.39 Å².